The molecule has 21 heavy (non-hydrogen) atoms. The molecule has 0 aliphatic rings. The Kier molecular flexibility index (Phi) is 5.02. The summed E-state index contributed by atoms with van der Waals surface area (Å²) in [7, 11) is 1.93. The summed E-state index contributed by atoms with van der Waals surface area (Å²) in [6, 6.07) is 8.73. The lowest BCUT2D eigenvalue weighted by Crippen LogP contribution is -2.19. The van der Waals surface area contributed by atoms with Crippen LogP contribution in [0.2, 0.25) is 0 Å². The highest BCUT2D eigenvalue weighted by atomic mass is 16.5. The maximum absolute atomic E-state index is 5.99. The van der Waals surface area contributed by atoms with Crippen LogP contribution in [-0.2, 0) is 7.05 Å². The number of aryl methyl sites for hydroxylation is 2. The normalized spacial score (nSPS) is 12.4. The topological polar surface area (TPSA) is 39.1 Å². The number of hydrogen-bond acceptors (Lipinski definition) is 3. The highest BCUT2D eigenvalue weighted by Crippen LogP contribution is 2.29. The Labute approximate surface area is 127 Å². The molecule has 0 bridgehead atoms. The van der Waals surface area contributed by atoms with Crippen LogP contribution in [0.5, 0.6) is 11.5 Å². The molecule has 1 aromatic heterocycles. The number of hydrogen-bond donors (Lipinski definition) is 1. The fourth-order valence-corrected chi connectivity index (χ4v) is 2.53. The first-order chi connectivity index (χ1) is 10.1. The van der Waals surface area contributed by atoms with Gasteiger partial charge in [-0.2, -0.15) is 5.10 Å². The van der Waals surface area contributed by atoms with Gasteiger partial charge in [-0.25, -0.2) is 0 Å². The van der Waals surface area contributed by atoms with E-state index < -0.39 is 0 Å². The van der Waals surface area contributed by atoms with Gasteiger partial charge in [0.05, 0.1) is 5.69 Å². The second-order valence-electron chi connectivity index (χ2n) is 5.31. The van der Waals surface area contributed by atoms with E-state index in [2.05, 4.69) is 36.4 Å². The van der Waals surface area contributed by atoms with Crippen molar-refractivity contribution < 1.29 is 4.74 Å². The number of benzene rings is 1. The molecular formula is C17H25N3O. The van der Waals surface area contributed by atoms with Crippen LogP contribution in [0.25, 0.3) is 0 Å². The summed E-state index contributed by atoms with van der Waals surface area (Å²) in [5.74, 6) is 1.70. The van der Waals surface area contributed by atoms with Crippen molar-refractivity contribution in [3.8, 4) is 11.5 Å². The smallest absolute Gasteiger partial charge is 0.171 e. The van der Waals surface area contributed by atoms with Crippen molar-refractivity contribution in [2.75, 3.05) is 6.54 Å². The Bertz CT molecular complexity index is 587. The van der Waals surface area contributed by atoms with Gasteiger partial charge >= 0.3 is 0 Å². The molecule has 0 aliphatic carbocycles. The van der Waals surface area contributed by atoms with Crippen LogP contribution in [0.15, 0.2) is 24.3 Å². The number of ether oxygens (including phenoxy) is 1. The Morgan fingerprint density at radius 2 is 1.86 bits per heavy atom. The molecule has 0 spiro atoms. The molecule has 0 fully saturated rings. The van der Waals surface area contributed by atoms with Gasteiger partial charge in [-0.1, -0.05) is 26.0 Å². The molecule has 1 atom stereocenters. The molecule has 0 saturated heterocycles. The average molecular weight is 287 g/mol. The van der Waals surface area contributed by atoms with E-state index >= 15 is 0 Å². The summed E-state index contributed by atoms with van der Waals surface area (Å²) in [6.07, 6.45) is 1.08. The lowest BCUT2D eigenvalue weighted by Gasteiger charge is -2.16. The molecule has 1 N–H and O–H groups in total. The largest absolute Gasteiger partial charge is 0.453 e. The maximum atomic E-state index is 5.99. The Hall–Kier alpha value is -1.81. The van der Waals surface area contributed by atoms with Crippen molar-refractivity contribution in [3.05, 3.63) is 41.2 Å². The number of rotatable bonds is 6. The standard InChI is InChI=1S/C17H25N3O/c1-6-16(18-7-2)14-8-10-15(11-9-14)21-17-12(3)19-20(5)13(17)4/h8-11,16,18H,6-7H2,1-5H3. The van der Waals surface area contributed by atoms with Gasteiger partial charge in [-0.3, -0.25) is 4.68 Å². The van der Waals surface area contributed by atoms with E-state index in [-0.39, 0.29) is 0 Å². The van der Waals surface area contributed by atoms with Gasteiger partial charge in [0.1, 0.15) is 11.4 Å². The van der Waals surface area contributed by atoms with Gasteiger partial charge in [0.25, 0.3) is 0 Å². The van der Waals surface area contributed by atoms with E-state index in [1.165, 1.54) is 5.56 Å². The van der Waals surface area contributed by atoms with Crippen LogP contribution in [0.4, 0.5) is 0 Å². The molecule has 1 aromatic carbocycles. The van der Waals surface area contributed by atoms with Crippen molar-refractivity contribution >= 4 is 0 Å². The van der Waals surface area contributed by atoms with E-state index in [9.17, 15) is 0 Å². The summed E-state index contributed by atoms with van der Waals surface area (Å²) >= 11 is 0. The first-order valence-corrected chi connectivity index (χ1v) is 7.58. The molecular weight excluding hydrogens is 262 g/mol. The fourth-order valence-electron chi connectivity index (χ4n) is 2.53. The molecule has 1 heterocycles. The lowest BCUT2D eigenvalue weighted by atomic mass is 10.0. The summed E-state index contributed by atoms with van der Waals surface area (Å²) in [4.78, 5) is 0. The molecule has 2 rings (SSSR count). The maximum Gasteiger partial charge on any atom is 0.171 e. The minimum absolute atomic E-state index is 0.408. The zero-order valence-corrected chi connectivity index (χ0v) is 13.6. The van der Waals surface area contributed by atoms with Gasteiger partial charge in [-0.05, 0) is 44.5 Å². The highest BCUT2D eigenvalue weighted by Gasteiger charge is 2.12. The van der Waals surface area contributed by atoms with Gasteiger partial charge in [0.2, 0.25) is 0 Å². The summed E-state index contributed by atoms with van der Waals surface area (Å²) in [5.41, 5.74) is 3.25. The molecule has 0 aliphatic heterocycles. The number of aromatic nitrogens is 2. The molecule has 4 heteroatoms. The second-order valence-corrected chi connectivity index (χ2v) is 5.31. The van der Waals surface area contributed by atoms with Crippen LogP contribution < -0.4 is 10.1 Å². The van der Waals surface area contributed by atoms with E-state index in [0.717, 1.165) is 35.9 Å². The van der Waals surface area contributed by atoms with Gasteiger partial charge in [0.15, 0.2) is 5.75 Å². The summed E-state index contributed by atoms with van der Waals surface area (Å²) < 4.78 is 7.83. The SMILES string of the molecule is CCNC(CC)c1ccc(Oc2c(C)nn(C)c2C)cc1. The summed E-state index contributed by atoms with van der Waals surface area (Å²) in [5, 5.41) is 7.86. The van der Waals surface area contributed by atoms with Gasteiger partial charge in [0, 0.05) is 13.1 Å². The third kappa shape index (κ3) is 3.45. The predicted octanol–water partition coefficient (Wildman–Crippen LogP) is 3.89. The Morgan fingerprint density at radius 3 is 2.33 bits per heavy atom. The highest BCUT2D eigenvalue weighted by molar-refractivity contribution is 5.38. The zero-order valence-electron chi connectivity index (χ0n) is 13.6. The molecule has 2 aromatic rings. The Balaban J connectivity index is 2.15. The number of nitrogens with one attached hydrogen (secondary N) is 1. The average Bonchev–Trinajstić information content (AvgIpc) is 2.72. The molecule has 0 radical (unpaired) electrons. The molecule has 114 valence electrons. The first-order valence-electron chi connectivity index (χ1n) is 7.58. The third-order valence-corrected chi connectivity index (χ3v) is 3.80. The molecule has 1 unspecified atom stereocenters. The van der Waals surface area contributed by atoms with Crippen molar-refractivity contribution in [2.24, 2.45) is 7.05 Å². The monoisotopic (exact) mass is 287 g/mol. The van der Waals surface area contributed by atoms with E-state index in [0.29, 0.717) is 6.04 Å². The Morgan fingerprint density at radius 1 is 1.19 bits per heavy atom. The van der Waals surface area contributed by atoms with Crippen LogP contribution >= 0.6 is 0 Å². The third-order valence-electron chi connectivity index (χ3n) is 3.80. The summed E-state index contributed by atoms with van der Waals surface area (Å²) in [6.45, 7) is 9.29. The molecule has 4 nitrogen and oxygen atoms in total. The zero-order chi connectivity index (χ0) is 15.4. The molecule has 0 saturated carbocycles. The van der Waals surface area contributed by atoms with E-state index in [1.54, 1.807) is 0 Å². The quantitative estimate of drug-likeness (QED) is 0.876. The van der Waals surface area contributed by atoms with E-state index in [4.69, 9.17) is 4.74 Å². The van der Waals surface area contributed by atoms with Gasteiger partial charge in [-0.15, -0.1) is 0 Å². The second kappa shape index (κ2) is 6.76. The van der Waals surface area contributed by atoms with Crippen LogP contribution in [-0.4, -0.2) is 16.3 Å². The lowest BCUT2D eigenvalue weighted by molar-refractivity contribution is 0.472. The van der Waals surface area contributed by atoms with Crippen molar-refractivity contribution in [3.63, 3.8) is 0 Å². The van der Waals surface area contributed by atoms with Crippen molar-refractivity contribution in [2.45, 2.75) is 40.2 Å². The van der Waals surface area contributed by atoms with Gasteiger partial charge < -0.3 is 10.1 Å². The first kappa shape index (κ1) is 15.6. The van der Waals surface area contributed by atoms with Crippen LogP contribution in [0, 0.1) is 13.8 Å². The minimum Gasteiger partial charge on any atom is -0.453 e. The van der Waals surface area contributed by atoms with Crippen molar-refractivity contribution in [1.29, 1.82) is 0 Å². The number of nitrogens with zero attached hydrogens (tertiary/aromatic N) is 2. The van der Waals surface area contributed by atoms with Crippen LogP contribution in [0.1, 0.15) is 43.3 Å². The van der Waals surface area contributed by atoms with Crippen LogP contribution in [0.3, 0.4) is 0 Å². The molecule has 0 amide bonds. The predicted molar refractivity (Wildman–Crippen MR) is 85.9 cm³/mol. The van der Waals surface area contributed by atoms with E-state index in [1.807, 2.05) is 37.7 Å². The van der Waals surface area contributed by atoms with Crippen molar-refractivity contribution in [1.82, 2.24) is 15.1 Å². The fraction of sp³-hybridized carbons (Fsp3) is 0.471. The minimum atomic E-state index is 0.408.